The van der Waals surface area contributed by atoms with E-state index in [0.29, 0.717) is 18.4 Å². The van der Waals surface area contributed by atoms with Crippen molar-refractivity contribution in [2.45, 2.75) is 25.7 Å². The molecule has 120 valence electrons. The van der Waals surface area contributed by atoms with Crippen LogP contribution in [0.15, 0.2) is 24.5 Å². The van der Waals surface area contributed by atoms with Gasteiger partial charge in [-0.25, -0.2) is 0 Å². The summed E-state index contributed by atoms with van der Waals surface area (Å²) >= 11 is 0. The van der Waals surface area contributed by atoms with Gasteiger partial charge in [-0.2, -0.15) is 0 Å². The van der Waals surface area contributed by atoms with Gasteiger partial charge in [0.1, 0.15) is 5.75 Å². The van der Waals surface area contributed by atoms with Crippen molar-refractivity contribution in [1.29, 1.82) is 0 Å². The van der Waals surface area contributed by atoms with Crippen LogP contribution in [0.1, 0.15) is 25.7 Å². The lowest BCUT2D eigenvalue weighted by molar-refractivity contribution is -0.137. The molecule has 3 rings (SSSR count). The van der Waals surface area contributed by atoms with E-state index < -0.39 is 0 Å². The standard InChI is InChI=1S/C17H25N3O2/c21-17(20-7-2-1-3-8-20)15-9-14(10-19-11-15)13-22-16-5-4-6-18-12-16/h4-6,12,14-15,19H,1-3,7-11,13H2/t14-,15+/m0/s1. The first-order valence-electron chi connectivity index (χ1n) is 8.35. The molecule has 1 N–H and O–H groups in total. The SMILES string of the molecule is O=C([C@H]1CNC[C@@H](COc2cccnc2)C1)N1CCCCC1. The highest BCUT2D eigenvalue weighted by atomic mass is 16.5. The highest BCUT2D eigenvalue weighted by molar-refractivity contribution is 5.79. The number of nitrogens with one attached hydrogen (secondary N) is 1. The lowest BCUT2D eigenvalue weighted by atomic mass is 9.89. The molecule has 1 amide bonds. The van der Waals surface area contributed by atoms with E-state index >= 15 is 0 Å². The molecule has 2 atom stereocenters. The zero-order valence-electron chi connectivity index (χ0n) is 13.0. The number of piperidine rings is 2. The van der Waals surface area contributed by atoms with E-state index in [1.165, 1.54) is 6.42 Å². The summed E-state index contributed by atoms with van der Waals surface area (Å²) in [5.74, 6) is 1.62. The molecular weight excluding hydrogens is 278 g/mol. The molecule has 3 heterocycles. The molecule has 0 unspecified atom stereocenters. The summed E-state index contributed by atoms with van der Waals surface area (Å²) in [6.45, 7) is 4.24. The van der Waals surface area contributed by atoms with Crippen LogP contribution in [0.5, 0.6) is 5.75 Å². The summed E-state index contributed by atoms with van der Waals surface area (Å²) in [4.78, 5) is 18.7. The first-order valence-corrected chi connectivity index (χ1v) is 8.35. The fourth-order valence-electron chi connectivity index (χ4n) is 3.36. The van der Waals surface area contributed by atoms with Gasteiger partial charge in [0, 0.05) is 38.3 Å². The summed E-state index contributed by atoms with van der Waals surface area (Å²) in [5.41, 5.74) is 0. The van der Waals surface area contributed by atoms with Gasteiger partial charge in [0.25, 0.3) is 0 Å². The molecule has 5 nitrogen and oxygen atoms in total. The number of aromatic nitrogens is 1. The molecule has 1 aromatic heterocycles. The Morgan fingerprint density at radius 1 is 1.32 bits per heavy atom. The second-order valence-corrected chi connectivity index (χ2v) is 6.34. The lowest BCUT2D eigenvalue weighted by Crippen LogP contribution is -2.48. The number of amides is 1. The predicted octanol–water partition coefficient (Wildman–Crippen LogP) is 1.70. The summed E-state index contributed by atoms with van der Waals surface area (Å²) in [5, 5.41) is 3.40. The van der Waals surface area contributed by atoms with E-state index in [1.807, 2.05) is 12.1 Å². The summed E-state index contributed by atoms with van der Waals surface area (Å²) in [6.07, 6.45) is 7.95. The summed E-state index contributed by atoms with van der Waals surface area (Å²) in [6, 6.07) is 3.79. The molecule has 0 bridgehead atoms. The van der Waals surface area contributed by atoms with Crippen molar-refractivity contribution < 1.29 is 9.53 Å². The largest absolute Gasteiger partial charge is 0.492 e. The number of pyridine rings is 1. The van der Waals surface area contributed by atoms with Crippen LogP contribution < -0.4 is 10.1 Å². The molecule has 0 aliphatic carbocycles. The maximum absolute atomic E-state index is 12.6. The Labute approximate surface area is 132 Å². The zero-order chi connectivity index (χ0) is 15.2. The van der Waals surface area contributed by atoms with E-state index in [0.717, 1.165) is 51.2 Å². The maximum Gasteiger partial charge on any atom is 0.226 e. The molecule has 5 heteroatoms. The molecule has 0 aromatic carbocycles. The van der Waals surface area contributed by atoms with Gasteiger partial charge in [-0.1, -0.05) is 0 Å². The first-order chi connectivity index (χ1) is 10.8. The smallest absolute Gasteiger partial charge is 0.226 e. The number of hydrogen-bond acceptors (Lipinski definition) is 4. The fraction of sp³-hybridized carbons (Fsp3) is 0.647. The normalized spacial score (nSPS) is 25.7. The van der Waals surface area contributed by atoms with Gasteiger partial charge >= 0.3 is 0 Å². The van der Waals surface area contributed by atoms with Gasteiger partial charge in [-0.3, -0.25) is 9.78 Å². The van der Waals surface area contributed by atoms with Crippen molar-refractivity contribution in [3.63, 3.8) is 0 Å². The van der Waals surface area contributed by atoms with Gasteiger partial charge in [0.2, 0.25) is 5.91 Å². The van der Waals surface area contributed by atoms with Crippen LogP contribution in [0.2, 0.25) is 0 Å². The minimum atomic E-state index is 0.106. The molecule has 0 radical (unpaired) electrons. The Bertz CT molecular complexity index is 474. The number of likely N-dealkylation sites (tertiary alicyclic amines) is 1. The molecule has 0 saturated carbocycles. The van der Waals surface area contributed by atoms with Crippen LogP contribution in [0, 0.1) is 11.8 Å². The van der Waals surface area contributed by atoms with Gasteiger partial charge in [-0.05, 0) is 37.8 Å². The second kappa shape index (κ2) is 7.58. The van der Waals surface area contributed by atoms with Crippen molar-refractivity contribution in [3.05, 3.63) is 24.5 Å². The van der Waals surface area contributed by atoms with E-state index in [4.69, 9.17) is 4.74 Å². The van der Waals surface area contributed by atoms with Crippen molar-refractivity contribution in [2.24, 2.45) is 11.8 Å². The van der Waals surface area contributed by atoms with E-state index in [1.54, 1.807) is 12.4 Å². The number of carbonyl (C=O) groups excluding carboxylic acids is 1. The lowest BCUT2D eigenvalue weighted by Gasteiger charge is -2.34. The highest BCUT2D eigenvalue weighted by Gasteiger charge is 2.31. The molecule has 2 aliphatic rings. The molecule has 1 aromatic rings. The third kappa shape index (κ3) is 3.97. The monoisotopic (exact) mass is 303 g/mol. The van der Waals surface area contributed by atoms with Crippen LogP contribution in [0.3, 0.4) is 0 Å². The molecule has 0 spiro atoms. The third-order valence-corrected chi connectivity index (χ3v) is 4.58. The quantitative estimate of drug-likeness (QED) is 0.920. The summed E-state index contributed by atoms with van der Waals surface area (Å²) < 4.78 is 5.79. The van der Waals surface area contributed by atoms with E-state index in [2.05, 4.69) is 15.2 Å². The third-order valence-electron chi connectivity index (χ3n) is 4.58. The van der Waals surface area contributed by atoms with E-state index in [-0.39, 0.29) is 5.92 Å². The van der Waals surface area contributed by atoms with Crippen LogP contribution >= 0.6 is 0 Å². The average molecular weight is 303 g/mol. The molecule has 2 saturated heterocycles. The fourth-order valence-corrected chi connectivity index (χ4v) is 3.36. The molecule has 2 aliphatic heterocycles. The number of rotatable bonds is 4. The Morgan fingerprint density at radius 2 is 2.18 bits per heavy atom. The predicted molar refractivity (Wildman–Crippen MR) is 84.6 cm³/mol. The molecule has 22 heavy (non-hydrogen) atoms. The maximum atomic E-state index is 12.6. The van der Waals surface area contributed by atoms with E-state index in [9.17, 15) is 4.79 Å². The van der Waals surface area contributed by atoms with Crippen LogP contribution in [-0.4, -0.2) is 48.6 Å². The Kier molecular flexibility index (Phi) is 5.27. The summed E-state index contributed by atoms with van der Waals surface area (Å²) in [7, 11) is 0. The molecule has 2 fully saturated rings. The van der Waals surface area contributed by atoms with Crippen molar-refractivity contribution >= 4 is 5.91 Å². The first kappa shape index (κ1) is 15.3. The topological polar surface area (TPSA) is 54.5 Å². The highest BCUT2D eigenvalue weighted by Crippen LogP contribution is 2.22. The number of ether oxygens (including phenoxy) is 1. The zero-order valence-corrected chi connectivity index (χ0v) is 13.0. The van der Waals surface area contributed by atoms with Crippen LogP contribution in [0.4, 0.5) is 0 Å². The van der Waals surface area contributed by atoms with Gasteiger partial charge in [-0.15, -0.1) is 0 Å². The number of hydrogen-bond donors (Lipinski definition) is 1. The van der Waals surface area contributed by atoms with Gasteiger partial charge in [0.15, 0.2) is 0 Å². The average Bonchev–Trinajstić information content (AvgIpc) is 2.61. The Balaban J connectivity index is 1.49. The Morgan fingerprint density at radius 3 is 2.95 bits per heavy atom. The van der Waals surface area contributed by atoms with Crippen molar-refractivity contribution in [1.82, 2.24) is 15.2 Å². The van der Waals surface area contributed by atoms with Gasteiger partial charge < -0.3 is 15.0 Å². The Hall–Kier alpha value is -1.62. The van der Waals surface area contributed by atoms with Crippen molar-refractivity contribution in [2.75, 3.05) is 32.8 Å². The second-order valence-electron chi connectivity index (χ2n) is 6.34. The minimum Gasteiger partial charge on any atom is -0.492 e. The molecular formula is C17H25N3O2. The number of nitrogens with zero attached hydrogens (tertiary/aromatic N) is 2. The minimum absolute atomic E-state index is 0.106. The van der Waals surface area contributed by atoms with Crippen LogP contribution in [-0.2, 0) is 4.79 Å². The van der Waals surface area contributed by atoms with Gasteiger partial charge in [0.05, 0.1) is 18.7 Å². The number of carbonyl (C=O) groups is 1. The van der Waals surface area contributed by atoms with Crippen LogP contribution in [0.25, 0.3) is 0 Å². The van der Waals surface area contributed by atoms with Crippen molar-refractivity contribution in [3.8, 4) is 5.75 Å².